The molecular weight excluding hydrogens is 308 g/mol. The van der Waals surface area contributed by atoms with Gasteiger partial charge in [0.1, 0.15) is 17.1 Å². The van der Waals surface area contributed by atoms with Crippen LogP contribution in [0, 0.1) is 0 Å². The number of hydrogen-bond acceptors (Lipinski definition) is 2. The minimum atomic E-state index is -1.01. The highest BCUT2D eigenvalue weighted by molar-refractivity contribution is 9.10. The molecule has 0 spiro atoms. The first-order valence-corrected chi connectivity index (χ1v) is 6.69. The summed E-state index contributed by atoms with van der Waals surface area (Å²) in [5.41, 5.74) is 1.28. The Morgan fingerprint density at radius 2 is 2.05 bits per heavy atom. The Bertz CT molecular complexity index is 608. The van der Waals surface area contributed by atoms with E-state index in [0.717, 1.165) is 12.0 Å². The monoisotopic (exact) mass is 320 g/mol. The summed E-state index contributed by atoms with van der Waals surface area (Å²) in [6.45, 7) is 2.06. The van der Waals surface area contributed by atoms with Gasteiger partial charge >= 0.3 is 5.97 Å². The Labute approximate surface area is 120 Å². The molecule has 2 aromatic carbocycles. The second-order valence-electron chi connectivity index (χ2n) is 4.05. The van der Waals surface area contributed by atoms with Crippen LogP contribution in [-0.4, -0.2) is 11.1 Å². The molecule has 2 rings (SSSR count). The topological polar surface area (TPSA) is 46.5 Å². The maximum atomic E-state index is 11.2. The van der Waals surface area contributed by atoms with Crippen molar-refractivity contribution in [2.24, 2.45) is 0 Å². The van der Waals surface area contributed by atoms with E-state index in [9.17, 15) is 4.79 Å². The molecule has 3 nitrogen and oxygen atoms in total. The summed E-state index contributed by atoms with van der Waals surface area (Å²) in [6.07, 6.45) is 0.906. The van der Waals surface area contributed by atoms with Gasteiger partial charge in [-0.1, -0.05) is 35.0 Å². The first kappa shape index (κ1) is 13.6. The predicted octanol–water partition coefficient (Wildman–Crippen LogP) is 4.50. The number of rotatable bonds is 4. The third-order valence-electron chi connectivity index (χ3n) is 2.71. The normalized spacial score (nSPS) is 10.2. The smallest absolute Gasteiger partial charge is 0.339 e. The van der Waals surface area contributed by atoms with Crippen molar-refractivity contribution in [2.45, 2.75) is 13.3 Å². The van der Waals surface area contributed by atoms with Gasteiger partial charge in [-0.15, -0.1) is 0 Å². The molecule has 1 N–H and O–H groups in total. The summed E-state index contributed by atoms with van der Waals surface area (Å²) in [4.78, 5) is 11.2. The lowest BCUT2D eigenvalue weighted by Gasteiger charge is -2.10. The zero-order chi connectivity index (χ0) is 13.8. The van der Waals surface area contributed by atoms with Crippen molar-refractivity contribution in [3.63, 3.8) is 0 Å². The minimum Gasteiger partial charge on any atom is -0.478 e. The number of hydrogen-bond donors (Lipinski definition) is 1. The Morgan fingerprint density at radius 1 is 1.26 bits per heavy atom. The van der Waals surface area contributed by atoms with Gasteiger partial charge in [-0.3, -0.25) is 0 Å². The van der Waals surface area contributed by atoms with Gasteiger partial charge in [0.05, 0.1) is 0 Å². The number of aromatic carboxylic acids is 1. The fourth-order valence-corrected chi connectivity index (χ4v) is 2.08. The summed E-state index contributed by atoms with van der Waals surface area (Å²) in [6, 6.07) is 12.6. The quantitative estimate of drug-likeness (QED) is 0.902. The van der Waals surface area contributed by atoms with Gasteiger partial charge in [0.2, 0.25) is 0 Å². The van der Waals surface area contributed by atoms with Crippen LogP contribution < -0.4 is 4.74 Å². The number of carboxylic acids is 1. The van der Waals surface area contributed by atoms with Gasteiger partial charge in [0.15, 0.2) is 0 Å². The molecule has 0 unspecified atom stereocenters. The first-order chi connectivity index (χ1) is 9.10. The lowest BCUT2D eigenvalue weighted by atomic mass is 10.1. The van der Waals surface area contributed by atoms with Gasteiger partial charge < -0.3 is 9.84 Å². The van der Waals surface area contributed by atoms with Crippen LogP contribution in [0.2, 0.25) is 0 Å². The lowest BCUT2D eigenvalue weighted by Crippen LogP contribution is -2.00. The molecule has 0 atom stereocenters. The van der Waals surface area contributed by atoms with E-state index < -0.39 is 5.97 Å². The van der Waals surface area contributed by atoms with Crippen molar-refractivity contribution in [2.75, 3.05) is 0 Å². The predicted molar refractivity (Wildman–Crippen MR) is 77.0 cm³/mol. The lowest BCUT2D eigenvalue weighted by molar-refractivity contribution is 0.0694. The number of benzene rings is 2. The highest BCUT2D eigenvalue weighted by Gasteiger charge is 2.12. The van der Waals surface area contributed by atoms with E-state index in [4.69, 9.17) is 9.84 Å². The van der Waals surface area contributed by atoms with Crippen LogP contribution in [-0.2, 0) is 6.42 Å². The molecule has 0 aliphatic heterocycles. The van der Waals surface area contributed by atoms with Crippen molar-refractivity contribution < 1.29 is 14.6 Å². The molecule has 19 heavy (non-hydrogen) atoms. The van der Waals surface area contributed by atoms with Crippen LogP contribution in [0.4, 0.5) is 0 Å². The Hall–Kier alpha value is -1.81. The summed E-state index contributed by atoms with van der Waals surface area (Å²) >= 11 is 3.25. The molecule has 2 aromatic rings. The Balaban J connectivity index is 2.34. The fourth-order valence-electron chi connectivity index (χ4n) is 1.71. The SMILES string of the molecule is CCc1cccc(Oc2ccc(Br)cc2C(=O)O)c1. The van der Waals surface area contributed by atoms with Crippen LogP contribution >= 0.6 is 15.9 Å². The molecule has 4 heteroatoms. The third kappa shape index (κ3) is 3.35. The van der Waals surface area contributed by atoms with Crippen molar-refractivity contribution >= 4 is 21.9 Å². The van der Waals surface area contributed by atoms with E-state index in [1.807, 2.05) is 24.3 Å². The van der Waals surface area contributed by atoms with Gasteiger partial charge in [0, 0.05) is 4.47 Å². The van der Waals surface area contributed by atoms with Crippen molar-refractivity contribution in [3.8, 4) is 11.5 Å². The van der Waals surface area contributed by atoms with E-state index in [-0.39, 0.29) is 5.56 Å². The minimum absolute atomic E-state index is 0.135. The molecule has 0 aliphatic carbocycles. The van der Waals surface area contributed by atoms with Crippen molar-refractivity contribution in [1.29, 1.82) is 0 Å². The van der Waals surface area contributed by atoms with Crippen molar-refractivity contribution in [1.82, 2.24) is 0 Å². The van der Waals surface area contributed by atoms with Crippen LogP contribution in [0.15, 0.2) is 46.9 Å². The van der Waals surface area contributed by atoms with Crippen molar-refractivity contribution in [3.05, 3.63) is 58.1 Å². The highest BCUT2D eigenvalue weighted by Crippen LogP contribution is 2.28. The van der Waals surface area contributed by atoms with Gasteiger partial charge in [-0.05, 0) is 42.3 Å². The standard InChI is InChI=1S/C15H13BrO3/c1-2-10-4-3-5-12(8-10)19-14-7-6-11(16)9-13(14)15(17)18/h3-9H,2H2,1H3,(H,17,18). The van der Waals surface area contributed by atoms with E-state index in [0.29, 0.717) is 16.0 Å². The molecule has 0 radical (unpaired) electrons. The van der Waals surface area contributed by atoms with Gasteiger partial charge in [-0.25, -0.2) is 4.79 Å². The number of halogens is 1. The largest absolute Gasteiger partial charge is 0.478 e. The molecule has 0 bridgehead atoms. The number of carbonyl (C=O) groups is 1. The zero-order valence-corrected chi connectivity index (χ0v) is 12.0. The van der Waals surface area contributed by atoms with Crippen LogP contribution in [0.5, 0.6) is 11.5 Å². The van der Waals surface area contributed by atoms with E-state index in [1.165, 1.54) is 6.07 Å². The van der Waals surface area contributed by atoms with Crippen LogP contribution in [0.3, 0.4) is 0 Å². The van der Waals surface area contributed by atoms with E-state index in [2.05, 4.69) is 22.9 Å². The molecule has 0 heterocycles. The molecule has 0 saturated carbocycles. The Kier molecular flexibility index (Phi) is 4.22. The Morgan fingerprint density at radius 3 is 2.74 bits per heavy atom. The summed E-state index contributed by atoms with van der Waals surface area (Å²) in [7, 11) is 0. The number of ether oxygens (including phenoxy) is 1. The number of aryl methyl sites for hydroxylation is 1. The third-order valence-corrected chi connectivity index (χ3v) is 3.20. The molecular formula is C15H13BrO3. The molecule has 0 aliphatic rings. The summed E-state index contributed by atoms with van der Waals surface area (Å²) in [5, 5.41) is 9.17. The molecule has 0 saturated heterocycles. The second kappa shape index (κ2) is 5.89. The molecule has 0 fully saturated rings. The maximum Gasteiger partial charge on any atom is 0.339 e. The summed E-state index contributed by atoms with van der Waals surface area (Å²) < 4.78 is 6.37. The summed E-state index contributed by atoms with van der Waals surface area (Å²) in [5.74, 6) is -0.0314. The zero-order valence-electron chi connectivity index (χ0n) is 10.4. The molecule has 0 amide bonds. The second-order valence-corrected chi connectivity index (χ2v) is 4.96. The average molecular weight is 321 g/mol. The van der Waals surface area contributed by atoms with Crippen LogP contribution in [0.25, 0.3) is 0 Å². The molecule has 0 aromatic heterocycles. The molecule has 98 valence electrons. The average Bonchev–Trinajstić information content (AvgIpc) is 2.41. The van der Waals surface area contributed by atoms with Gasteiger partial charge in [0.25, 0.3) is 0 Å². The first-order valence-electron chi connectivity index (χ1n) is 5.90. The highest BCUT2D eigenvalue weighted by atomic mass is 79.9. The van der Waals surface area contributed by atoms with Crippen LogP contribution in [0.1, 0.15) is 22.8 Å². The fraction of sp³-hybridized carbons (Fsp3) is 0.133. The maximum absolute atomic E-state index is 11.2. The number of carboxylic acid groups (broad SMARTS) is 1. The van der Waals surface area contributed by atoms with E-state index in [1.54, 1.807) is 12.1 Å². The van der Waals surface area contributed by atoms with E-state index >= 15 is 0 Å². The van der Waals surface area contributed by atoms with Gasteiger partial charge in [-0.2, -0.15) is 0 Å².